The molecule has 0 aromatic carbocycles. The molecule has 1 saturated heterocycles. The highest BCUT2D eigenvalue weighted by atomic mass is 32.2. The van der Waals surface area contributed by atoms with Crippen molar-refractivity contribution in [2.45, 2.75) is 25.9 Å². The molecule has 1 aliphatic heterocycles. The lowest BCUT2D eigenvalue weighted by Crippen LogP contribution is -2.43. The van der Waals surface area contributed by atoms with Crippen molar-refractivity contribution in [3.8, 4) is 0 Å². The van der Waals surface area contributed by atoms with E-state index in [1.165, 1.54) is 4.90 Å². The number of nitrogens with zero attached hydrogens (tertiary/aromatic N) is 3. The summed E-state index contributed by atoms with van der Waals surface area (Å²) in [6, 6.07) is 1.69. The summed E-state index contributed by atoms with van der Waals surface area (Å²) in [6.45, 7) is 1.67. The molecule has 0 N–H and O–H groups in total. The topological polar surface area (TPSA) is 120 Å². The number of likely N-dealkylation sites (N-methyl/N-ethyl adjacent to an activating group) is 1. The van der Waals surface area contributed by atoms with Gasteiger partial charge < -0.3 is 4.90 Å². The minimum atomic E-state index is -3.13. The second kappa shape index (κ2) is 6.49. The molecule has 1 atom stereocenters. The van der Waals surface area contributed by atoms with E-state index in [0.29, 0.717) is 13.0 Å². The normalized spacial score (nSPS) is 19.4. The number of sulfone groups is 1. The zero-order valence-electron chi connectivity index (χ0n) is 12.5. The van der Waals surface area contributed by atoms with E-state index in [1.54, 1.807) is 6.92 Å². The van der Waals surface area contributed by atoms with Crippen molar-refractivity contribution in [3.05, 3.63) is 38.8 Å². The lowest BCUT2D eigenvalue weighted by molar-refractivity contribution is -0.385. The van der Waals surface area contributed by atoms with Gasteiger partial charge in [0.25, 0.3) is 11.2 Å². The van der Waals surface area contributed by atoms with Crippen LogP contribution in [-0.4, -0.2) is 52.8 Å². The highest BCUT2D eigenvalue weighted by Crippen LogP contribution is 2.18. The van der Waals surface area contributed by atoms with Crippen LogP contribution in [0.25, 0.3) is 0 Å². The second-order valence-electron chi connectivity index (χ2n) is 5.35. The van der Waals surface area contributed by atoms with E-state index in [0.717, 1.165) is 22.9 Å². The Bertz CT molecular complexity index is 785. The molecule has 0 aliphatic carbocycles. The number of nitro groups is 1. The Morgan fingerprint density at radius 3 is 2.70 bits per heavy atom. The van der Waals surface area contributed by atoms with Gasteiger partial charge in [-0.15, -0.1) is 0 Å². The van der Waals surface area contributed by atoms with Crippen LogP contribution in [0.15, 0.2) is 23.1 Å². The first-order chi connectivity index (χ1) is 10.7. The Hall–Kier alpha value is -2.23. The van der Waals surface area contributed by atoms with E-state index < -0.39 is 32.3 Å². The molecule has 23 heavy (non-hydrogen) atoms. The van der Waals surface area contributed by atoms with E-state index in [-0.39, 0.29) is 23.7 Å². The van der Waals surface area contributed by atoms with Crippen molar-refractivity contribution >= 4 is 21.4 Å². The van der Waals surface area contributed by atoms with Crippen LogP contribution in [0, 0.1) is 10.1 Å². The molecule has 1 aromatic heterocycles. The van der Waals surface area contributed by atoms with Crippen molar-refractivity contribution < 1.29 is 18.1 Å². The molecule has 1 amide bonds. The molecule has 0 radical (unpaired) electrons. The van der Waals surface area contributed by atoms with Crippen LogP contribution in [0.2, 0.25) is 0 Å². The van der Waals surface area contributed by atoms with Crippen LogP contribution in [-0.2, 0) is 21.2 Å². The smallest absolute Gasteiger partial charge is 0.285 e. The van der Waals surface area contributed by atoms with Gasteiger partial charge in [0.2, 0.25) is 5.91 Å². The molecule has 9 nitrogen and oxygen atoms in total. The summed E-state index contributed by atoms with van der Waals surface area (Å²) in [5.74, 6) is -0.480. The van der Waals surface area contributed by atoms with Crippen molar-refractivity contribution in [2.24, 2.45) is 0 Å². The van der Waals surface area contributed by atoms with Crippen molar-refractivity contribution in [3.63, 3.8) is 0 Å². The first-order valence-electron chi connectivity index (χ1n) is 7.08. The lowest BCUT2D eigenvalue weighted by atomic mass is 10.2. The van der Waals surface area contributed by atoms with Crippen LogP contribution >= 0.6 is 0 Å². The third-order valence-corrected chi connectivity index (χ3v) is 5.54. The molecular formula is C13H17N3O6S. The number of carbonyl (C=O) groups excluding carboxylic acids is 1. The van der Waals surface area contributed by atoms with Crippen molar-refractivity contribution in [1.29, 1.82) is 0 Å². The van der Waals surface area contributed by atoms with Gasteiger partial charge in [-0.3, -0.25) is 24.3 Å². The van der Waals surface area contributed by atoms with Gasteiger partial charge in [0, 0.05) is 24.7 Å². The summed E-state index contributed by atoms with van der Waals surface area (Å²) in [4.78, 5) is 35.6. The van der Waals surface area contributed by atoms with Gasteiger partial charge in [-0.25, -0.2) is 8.42 Å². The number of carbonyl (C=O) groups is 1. The van der Waals surface area contributed by atoms with Crippen LogP contribution in [0.1, 0.15) is 13.3 Å². The molecule has 1 fully saturated rings. The van der Waals surface area contributed by atoms with Crippen LogP contribution < -0.4 is 5.56 Å². The Balaban J connectivity index is 2.19. The highest BCUT2D eigenvalue weighted by molar-refractivity contribution is 7.91. The summed E-state index contributed by atoms with van der Waals surface area (Å²) in [7, 11) is -3.13. The van der Waals surface area contributed by atoms with Crippen LogP contribution in [0.3, 0.4) is 0 Å². The second-order valence-corrected chi connectivity index (χ2v) is 7.58. The highest BCUT2D eigenvalue weighted by Gasteiger charge is 2.33. The van der Waals surface area contributed by atoms with E-state index in [4.69, 9.17) is 0 Å². The third kappa shape index (κ3) is 3.95. The zero-order chi connectivity index (χ0) is 17.2. The predicted octanol–water partition coefficient (Wildman–Crippen LogP) is -0.208. The average Bonchev–Trinajstić information content (AvgIpc) is 2.81. The van der Waals surface area contributed by atoms with Crippen molar-refractivity contribution in [2.75, 3.05) is 18.1 Å². The van der Waals surface area contributed by atoms with Gasteiger partial charge >= 0.3 is 0 Å². The molecule has 2 heterocycles. The van der Waals surface area contributed by atoms with Gasteiger partial charge in [-0.1, -0.05) is 0 Å². The van der Waals surface area contributed by atoms with Gasteiger partial charge in [0.05, 0.1) is 22.6 Å². The Morgan fingerprint density at radius 1 is 1.48 bits per heavy atom. The lowest BCUT2D eigenvalue weighted by Gasteiger charge is -2.27. The maximum absolute atomic E-state index is 12.4. The largest absolute Gasteiger partial charge is 0.337 e. The molecule has 2 rings (SSSR count). The minimum Gasteiger partial charge on any atom is -0.337 e. The number of rotatable bonds is 5. The van der Waals surface area contributed by atoms with E-state index >= 15 is 0 Å². The molecule has 0 spiro atoms. The van der Waals surface area contributed by atoms with Gasteiger partial charge in [0.15, 0.2) is 9.84 Å². The molecular weight excluding hydrogens is 326 g/mol. The first-order valence-corrected chi connectivity index (χ1v) is 8.90. The van der Waals surface area contributed by atoms with E-state index in [2.05, 4.69) is 0 Å². The first kappa shape index (κ1) is 17.1. The van der Waals surface area contributed by atoms with Crippen molar-refractivity contribution in [1.82, 2.24) is 9.47 Å². The van der Waals surface area contributed by atoms with E-state index in [1.807, 2.05) is 0 Å². The number of pyridine rings is 1. The van der Waals surface area contributed by atoms with E-state index in [9.17, 15) is 28.1 Å². The number of hydrogen-bond donors (Lipinski definition) is 0. The summed E-state index contributed by atoms with van der Waals surface area (Å²) in [6.07, 6.45) is 1.38. The molecule has 1 aliphatic rings. The Morgan fingerprint density at radius 2 is 2.17 bits per heavy atom. The summed E-state index contributed by atoms with van der Waals surface area (Å²) < 4.78 is 24.1. The fourth-order valence-electron chi connectivity index (χ4n) is 2.65. The fraction of sp³-hybridized carbons (Fsp3) is 0.538. The third-order valence-electron chi connectivity index (χ3n) is 3.79. The fourth-order valence-corrected chi connectivity index (χ4v) is 4.38. The zero-order valence-corrected chi connectivity index (χ0v) is 13.4. The summed E-state index contributed by atoms with van der Waals surface area (Å²) >= 11 is 0. The summed E-state index contributed by atoms with van der Waals surface area (Å²) in [5.41, 5.74) is -0.817. The van der Waals surface area contributed by atoms with Crippen LogP contribution in [0.5, 0.6) is 0 Å². The predicted molar refractivity (Wildman–Crippen MR) is 81.8 cm³/mol. The minimum absolute atomic E-state index is 0.0399. The Kier molecular flexibility index (Phi) is 4.83. The van der Waals surface area contributed by atoms with Gasteiger partial charge in [-0.2, -0.15) is 0 Å². The average molecular weight is 343 g/mol. The molecule has 0 bridgehead atoms. The van der Waals surface area contributed by atoms with Gasteiger partial charge in [-0.05, 0) is 13.3 Å². The number of amides is 1. The Labute approximate surface area is 132 Å². The standard InChI is InChI=1S/C13H17N3O6S/c1-2-15(11-5-6-23(21,22)9-11)13(18)8-14-7-10(16(19)20)3-4-12(14)17/h3-4,7,11H,2,5-6,8-9H2,1H3/t11-/m1/s1. The van der Waals surface area contributed by atoms with Gasteiger partial charge in [0.1, 0.15) is 6.54 Å². The molecule has 1 aromatic rings. The molecule has 126 valence electrons. The SMILES string of the molecule is CCN(C(=O)Cn1cc([N+](=O)[O-])ccc1=O)[C@@H]1CCS(=O)(=O)C1. The monoisotopic (exact) mass is 343 g/mol. The summed E-state index contributed by atoms with van der Waals surface area (Å²) in [5, 5.41) is 10.7. The number of hydrogen-bond acceptors (Lipinski definition) is 6. The molecule has 10 heteroatoms. The molecule has 0 saturated carbocycles. The maximum Gasteiger partial charge on any atom is 0.285 e. The maximum atomic E-state index is 12.4. The van der Waals surface area contributed by atoms with Crippen LogP contribution in [0.4, 0.5) is 5.69 Å². The molecule has 0 unspecified atom stereocenters. The quantitative estimate of drug-likeness (QED) is 0.539. The number of aromatic nitrogens is 1.